The number of aromatic carboxylic acids is 1. The molecule has 7 nitrogen and oxygen atoms in total. The first-order chi connectivity index (χ1) is 13.3. The number of rotatable bonds is 4. The molecule has 3 rings (SSSR count). The maximum Gasteiger partial charge on any atom is 0.337 e. The molecule has 0 aliphatic carbocycles. The number of nitrogens with one attached hydrogen (secondary N) is 1. The molecule has 0 saturated carbocycles. The Bertz CT molecular complexity index is 1000. The normalized spacial score (nSPS) is 16.6. The van der Waals surface area contributed by atoms with Crippen LogP contribution in [0.5, 0.6) is 0 Å². The first kappa shape index (κ1) is 19.4. The first-order valence-electron chi connectivity index (χ1n) is 8.30. The summed E-state index contributed by atoms with van der Waals surface area (Å²) in [6.07, 6.45) is 0. The van der Waals surface area contributed by atoms with Crippen molar-refractivity contribution in [1.29, 1.82) is 0 Å². The Morgan fingerprint density at radius 3 is 2.54 bits per heavy atom. The summed E-state index contributed by atoms with van der Waals surface area (Å²) in [6, 6.07) is 11.2. The average Bonchev–Trinajstić information content (AvgIpc) is 2.67. The highest BCUT2D eigenvalue weighted by Crippen LogP contribution is 2.36. The van der Waals surface area contributed by atoms with E-state index in [-0.39, 0.29) is 16.8 Å². The molecule has 1 heterocycles. The van der Waals surface area contributed by atoms with Gasteiger partial charge in [0.15, 0.2) is 0 Å². The number of carboxylic acid groups (broad SMARTS) is 1. The van der Waals surface area contributed by atoms with Crippen molar-refractivity contribution in [1.82, 2.24) is 5.32 Å². The van der Waals surface area contributed by atoms with Crippen LogP contribution in [0, 0.1) is 0 Å². The summed E-state index contributed by atoms with van der Waals surface area (Å²) >= 11 is 6.26. The number of hydrogen-bond acceptors (Lipinski definition) is 5. The summed E-state index contributed by atoms with van der Waals surface area (Å²) in [5.41, 5.74) is 1.21. The fraction of sp³-hybridized carbons (Fsp3) is 0.150. The smallest absolute Gasteiger partial charge is 0.337 e. The Morgan fingerprint density at radius 1 is 1.18 bits per heavy atom. The van der Waals surface area contributed by atoms with Crippen LogP contribution in [0.15, 0.2) is 59.8 Å². The van der Waals surface area contributed by atoms with Gasteiger partial charge in [-0.25, -0.2) is 9.59 Å². The van der Waals surface area contributed by atoms with Crippen molar-refractivity contribution >= 4 is 35.3 Å². The number of esters is 1. The number of allylic oxidation sites excluding steroid dienone is 1. The van der Waals surface area contributed by atoms with Crippen LogP contribution in [0.25, 0.3) is 0 Å². The number of methoxy groups -OCH3 is 1. The van der Waals surface area contributed by atoms with E-state index < -0.39 is 24.0 Å². The van der Waals surface area contributed by atoms with Gasteiger partial charge in [0.1, 0.15) is 0 Å². The second-order valence-corrected chi connectivity index (χ2v) is 6.48. The zero-order valence-electron chi connectivity index (χ0n) is 15.1. The molecule has 1 N–H and O–H groups in total. The number of benzene rings is 2. The lowest BCUT2D eigenvalue weighted by atomic mass is 9.94. The van der Waals surface area contributed by atoms with Crippen molar-refractivity contribution in [2.45, 2.75) is 13.0 Å². The molecule has 0 aromatic heterocycles. The maximum atomic E-state index is 12.9. The summed E-state index contributed by atoms with van der Waals surface area (Å²) in [5.74, 6) is -2.01. The van der Waals surface area contributed by atoms with Gasteiger partial charge in [0.05, 0.1) is 30.4 Å². The topological polar surface area (TPSA) is 98.8 Å². The van der Waals surface area contributed by atoms with Crippen LogP contribution in [0.3, 0.4) is 0 Å². The van der Waals surface area contributed by atoms with Gasteiger partial charge in [-0.15, -0.1) is 0 Å². The van der Waals surface area contributed by atoms with Crippen LogP contribution in [-0.4, -0.2) is 25.1 Å². The minimum absolute atomic E-state index is 0.0917. The van der Waals surface area contributed by atoms with Gasteiger partial charge in [0, 0.05) is 10.7 Å². The number of carbonyl (C=O) groups is 3. The van der Waals surface area contributed by atoms with Crippen molar-refractivity contribution in [2.24, 2.45) is 0 Å². The van der Waals surface area contributed by atoms with Crippen molar-refractivity contribution in [3.8, 4) is 0 Å². The molecule has 28 heavy (non-hydrogen) atoms. The summed E-state index contributed by atoms with van der Waals surface area (Å²) in [5, 5.41) is 14.3. The third-order valence-electron chi connectivity index (χ3n) is 4.45. The number of ether oxygens (including phenoxy) is 1. The summed E-state index contributed by atoms with van der Waals surface area (Å²) in [4.78, 5) is 37.8. The van der Waals surface area contributed by atoms with Crippen molar-refractivity contribution < 1.29 is 24.2 Å². The second kappa shape index (κ2) is 7.74. The molecular weight excluding hydrogens is 384 g/mol. The standard InChI is InChI=1S/C20H17ClN2O5/c1-11-16(19(26)28-2)17(14-8-3-4-9-15(14)21)22-20(27)23(11)13-7-5-6-12(10-13)18(24)25/h3-10,17H,1-2H3,(H,22,27)(H,24,25)/p-1/t17-/m0/s1. The molecule has 0 fully saturated rings. The second-order valence-electron chi connectivity index (χ2n) is 6.07. The lowest BCUT2D eigenvalue weighted by Gasteiger charge is -2.35. The number of nitrogens with zero attached hydrogens (tertiary/aromatic N) is 1. The number of carboxylic acids is 1. The Balaban J connectivity index is 2.17. The summed E-state index contributed by atoms with van der Waals surface area (Å²) in [7, 11) is 1.24. The zero-order chi connectivity index (χ0) is 20.4. The molecule has 144 valence electrons. The lowest BCUT2D eigenvalue weighted by molar-refractivity contribution is -0.255. The lowest BCUT2D eigenvalue weighted by Crippen LogP contribution is -2.48. The van der Waals surface area contributed by atoms with E-state index in [1.165, 1.54) is 30.2 Å². The van der Waals surface area contributed by atoms with Gasteiger partial charge in [0.25, 0.3) is 0 Å². The van der Waals surface area contributed by atoms with Crippen LogP contribution < -0.4 is 15.3 Å². The molecule has 0 saturated heterocycles. The van der Waals surface area contributed by atoms with Crippen LogP contribution in [-0.2, 0) is 9.53 Å². The minimum Gasteiger partial charge on any atom is -0.545 e. The highest BCUT2D eigenvalue weighted by molar-refractivity contribution is 6.31. The number of carbonyl (C=O) groups excluding carboxylic acids is 3. The van der Waals surface area contributed by atoms with Gasteiger partial charge in [-0.2, -0.15) is 0 Å². The van der Waals surface area contributed by atoms with Crippen molar-refractivity contribution in [2.75, 3.05) is 12.0 Å². The fourth-order valence-electron chi connectivity index (χ4n) is 3.14. The van der Waals surface area contributed by atoms with Crippen LogP contribution >= 0.6 is 11.6 Å². The molecule has 1 aliphatic heterocycles. The van der Waals surface area contributed by atoms with E-state index in [4.69, 9.17) is 16.3 Å². The Morgan fingerprint density at radius 2 is 1.89 bits per heavy atom. The highest BCUT2D eigenvalue weighted by Gasteiger charge is 2.37. The van der Waals surface area contributed by atoms with Crippen LogP contribution in [0.2, 0.25) is 5.02 Å². The van der Waals surface area contributed by atoms with E-state index >= 15 is 0 Å². The molecule has 2 aromatic rings. The third kappa shape index (κ3) is 3.44. The Labute approximate surface area is 166 Å². The molecule has 8 heteroatoms. The molecule has 0 unspecified atom stereocenters. The van der Waals surface area contributed by atoms with Crippen molar-refractivity contribution in [3.63, 3.8) is 0 Å². The molecular formula is C20H16ClN2O5-. The van der Waals surface area contributed by atoms with Gasteiger partial charge in [-0.3, -0.25) is 4.90 Å². The molecule has 0 spiro atoms. The van der Waals surface area contributed by atoms with Gasteiger partial charge in [-0.05, 0) is 36.2 Å². The van der Waals surface area contributed by atoms with E-state index in [9.17, 15) is 19.5 Å². The number of anilines is 1. The molecule has 0 bridgehead atoms. The summed E-state index contributed by atoms with van der Waals surface area (Å²) < 4.78 is 4.91. The Kier molecular flexibility index (Phi) is 5.37. The maximum absolute atomic E-state index is 12.9. The van der Waals surface area contributed by atoms with Crippen LogP contribution in [0.1, 0.15) is 28.9 Å². The predicted molar refractivity (Wildman–Crippen MR) is 101 cm³/mol. The quantitative estimate of drug-likeness (QED) is 0.796. The largest absolute Gasteiger partial charge is 0.545 e. The summed E-state index contributed by atoms with van der Waals surface area (Å²) in [6.45, 7) is 1.58. The minimum atomic E-state index is -1.37. The monoisotopic (exact) mass is 399 g/mol. The predicted octanol–water partition coefficient (Wildman–Crippen LogP) is 2.42. The van der Waals surface area contributed by atoms with Gasteiger partial charge < -0.3 is 20.0 Å². The fourth-order valence-corrected chi connectivity index (χ4v) is 3.39. The first-order valence-corrected chi connectivity index (χ1v) is 8.68. The van der Waals surface area contributed by atoms with E-state index in [2.05, 4.69) is 5.32 Å². The number of halogens is 1. The van der Waals surface area contributed by atoms with Crippen LogP contribution in [0.4, 0.5) is 10.5 Å². The van der Waals surface area contributed by atoms with Crippen molar-refractivity contribution in [3.05, 3.63) is 76.0 Å². The SMILES string of the molecule is COC(=O)C1=C(C)N(c2cccc(C(=O)[O-])c2)C(=O)N[C@H]1c1ccccc1Cl. The molecule has 1 aliphatic rings. The molecule has 1 atom stereocenters. The third-order valence-corrected chi connectivity index (χ3v) is 4.79. The molecule has 2 aromatic carbocycles. The number of urea groups is 1. The van der Waals surface area contributed by atoms with Gasteiger partial charge in [-0.1, -0.05) is 41.9 Å². The molecule has 0 radical (unpaired) electrons. The van der Waals surface area contributed by atoms with E-state index in [1.54, 1.807) is 37.3 Å². The van der Waals surface area contributed by atoms with Gasteiger partial charge in [0.2, 0.25) is 0 Å². The Hall–Kier alpha value is -3.32. The van der Waals surface area contributed by atoms with E-state index in [0.29, 0.717) is 16.3 Å². The highest BCUT2D eigenvalue weighted by atomic mass is 35.5. The van der Waals surface area contributed by atoms with Gasteiger partial charge >= 0.3 is 12.0 Å². The number of hydrogen-bond donors (Lipinski definition) is 1. The average molecular weight is 400 g/mol. The van der Waals surface area contributed by atoms with E-state index in [1.807, 2.05) is 0 Å². The number of amides is 2. The zero-order valence-corrected chi connectivity index (χ0v) is 15.8. The van der Waals surface area contributed by atoms with E-state index in [0.717, 1.165) is 0 Å². The molecule has 2 amide bonds.